The fraction of sp³-hybridized carbons (Fsp3) is 0.211. The van der Waals surface area contributed by atoms with E-state index in [1.165, 1.54) is 6.33 Å². The number of rotatable bonds is 3. The number of nitrogens with zero attached hydrogens (tertiary/aromatic N) is 3. The Kier molecular flexibility index (Phi) is 4.86. The van der Waals surface area contributed by atoms with Gasteiger partial charge in [-0.2, -0.15) is 0 Å². The molecule has 3 N–H and O–H groups in total. The third-order valence-corrected chi connectivity index (χ3v) is 5.24. The van der Waals surface area contributed by atoms with Crippen molar-refractivity contribution in [1.29, 1.82) is 0 Å². The average Bonchev–Trinajstić information content (AvgIpc) is 2.68. The van der Waals surface area contributed by atoms with Crippen LogP contribution in [-0.2, 0) is 4.79 Å². The lowest BCUT2D eigenvalue weighted by Gasteiger charge is -2.33. The quantitative estimate of drug-likeness (QED) is 0.704. The van der Waals surface area contributed by atoms with Gasteiger partial charge in [0.05, 0.1) is 10.5 Å². The van der Waals surface area contributed by atoms with Crippen LogP contribution in [0.1, 0.15) is 0 Å². The molecule has 0 unspecified atom stereocenters. The number of carbonyl (C=O) groups excluding carboxylic acids is 1. The molecule has 1 amide bonds. The van der Waals surface area contributed by atoms with Crippen LogP contribution in [0.3, 0.4) is 0 Å². The fourth-order valence-electron chi connectivity index (χ4n) is 3.30. The Morgan fingerprint density at radius 2 is 1.96 bits per heavy atom. The van der Waals surface area contributed by atoms with Crippen molar-refractivity contribution < 1.29 is 4.79 Å². The molecular formula is C19H17Cl2N5O. The summed E-state index contributed by atoms with van der Waals surface area (Å²) in [5.74, 6) is 0.391. The number of carbonyl (C=O) groups is 1. The van der Waals surface area contributed by atoms with Gasteiger partial charge < -0.3 is 16.0 Å². The van der Waals surface area contributed by atoms with Crippen LogP contribution in [0.5, 0.6) is 0 Å². The van der Waals surface area contributed by atoms with Gasteiger partial charge in [-0.15, -0.1) is 0 Å². The molecule has 1 aliphatic heterocycles. The number of aromatic nitrogens is 2. The molecule has 1 aromatic heterocycles. The van der Waals surface area contributed by atoms with Gasteiger partial charge in [-0.1, -0.05) is 35.3 Å². The van der Waals surface area contributed by atoms with Crippen LogP contribution >= 0.6 is 23.2 Å². The lowest BCUT2D eigenvalue weighted by Crippen LogP contribution is -2.56. The summed E-state index contributed by atoms with van der Waals surface area (Å²) in [6.07, 6.45) is 1.51. The number of hydrogen-bond donors (Lipinski definition) is 2. The largest absolute Gasteiger partial charge is 0.368 e. The first-order valence-electron chi connectivity index (χ1n) is 8.51. The number of piperazine rings is 1. The molecule has 1 aliphatic rings. The summed E-state index contributed by atoms with van der Waals surface area (Å²) in [4.78, 5) is 22.5. The van der Waals surface area contributed by atoms with E-state index in [-0.39, 0.29) is 5.91 Å². The number of amides is 1. The summed E-state index contributed by atoms with van der Waals surface area (Å²) in [6.45, 7) is 1.83. The molecule has 138 valence electrons. The van der Waals surface area contributed by atoms with Crippen LogP contribution in [0.4, 0.5) is 5.82 Å². The van der Waals surface area contributed by atoms with Crippen molar-refractivity contribution in [2.24, 2.45) is 5.73 Å². The molecule has 0 radical (unpaired) electrons. The third-order valence-electron chi connectivity index (χ3n) is 4.68. The molecule has 0 bridgehead atoms. The van der Waals surface area contributed by atoms with Crippen molar-refractivity contribution >= 4 is 45.8 Å². The van der Waals surface area contributed by atoms with E-state index in [9.17, 15) is 4.79 Å². The first-order chi connectivity index (χ1) is 13.0. The second kappa shape index (κ2) is 7.31. The van der Waals surface area contributed by atoms with E-state index in [1.54, 1.807) is 0 Å². The van der Waals surface area contributed by atoms with E-state index < -0.39 is 6.04 Å². The molecule has 2 aromatic carbocycles. The Hall–Kier alpha value is -2.41. The summed E-state index contributed by atoms with van der Waals surface area (Å²) < 4.78 is 0. The van der Waals surface area contributed by atoms with E-state index in [0.717, 1.165) is 34.4 Å². The van der Waals surface area contributed by atoms with Gasteiger partial charge in [0.1, 0.15) is 18.2 Å². The Morgan fingerprint density at radius 1 is 1.19 bits per heavy atom. The van der Waals surface area contributed by atoms with Gasteiger partial charge in [0.2, 0.25) is 5.91 Å². The molecule has 1 saturated heterocycles. The SMILES string of the molecule is NC(=O)[C@@H]1CN(c2ncnc3cc(Cl)c(-c4ccc(Cl)cc4)cc23)CCN1. The molecule has 0 aliphatic carbocycles. The normalized spacial score (nSPS) is 17.3. The second-order valence-corrected chi connectivity index (χ2v) is 7.25. The van der Waals surface area contributed by atoms with Crippen molar-refractivity contribution in [2.45, 2.75) is 6.04 Å². The zero-order valence-electron chi connectivity index (χ0n) is 14.3. The van der Waals surface area contributed by atoms with Gasteiger partial charge in [0.15, 0.2) is 0 Å². The Bertz CT molecular complexity index is 1010. The van der Waals surface area contributed by atoms with E-state index in [1.807, 2.05) is 36.4 Å². The van der Waals surface area contributed by atoms with Crippen molar-refractivity contribution in [3.63, 3.8) is 0 Å². The number of hydrogen-bond acceptors (Lipinski definition) is 5. The molecule has 1 fully saturated rings. The van der Waals surface area contributed by atoms with Crippen LogP contribution in [-0.4, -0.2) is 41.6 Å². The van der Waals surface area contributed by atoms with Gasteiger partial charge in [-0.25, -0.2) is 9.97 Å². The van der Waals surface area contributed by atoms with Crippen LogP contribution in [0.25, 0.3) is 22.0 Å². The minimum Gasteiger partial charge on any atom is -0.368 e. The van der Waals surface area contributed by atoms with Crippen LogP contribution < -0.4 is 16.0 Å². The fourth-order valence-corrected chi connectivity index (χ4v) is 3.69. The van der Waals surface area contributed by atoms with Crippen LogP contribution in [0, 0.1) is 0 Å². The lowest BCUT2D eigenvalue weighted by atomic mass is 10.0. The molecule has 8 heteroatoms. The number of halogens is 2. The molecule has 6 nitrogen and oxygen atoms in total. The van der Waals surface area contributed by atoms with Crippen molar-refractivity contribution in [1.82, 2.24) is 15.3 Å². The molecule has 0 spiro atoms. The molecule has 27 heavy (non-hydrogen) atoms. The first-order valence-corrected chi connectivity index (χ1v) is 9.26. The molecule has 2 heterocycles. The minimum absolute atomic E-state index is 0.372. The van der Waals surface area contributed by atoms with E-state index >= 15 is 0 Å². The maximum absolute atomic E-state index is 11.6. The third kappa shape index (κ3) is 3.56. The number of nitrogens with two attached hydrogens (primary N) is 1. The van der Waals surface area contributed by atoms with Crippen molar-refractivity contribution in [3.8, 4) is 11.1 Å². The number of fused-ring (bicyclic) bond motifs is 1. The maximum atomic E-state index is 11.6. The number of anilines is 1. The monoisotopic (exact) mass is 401 g/mol. The molecule has 4 rings (SSSR count). The summed E-state index contributed by atoms with van der Waals surface area (Å²) in [6, 6.07) is 10.9. The highest BCUT2D eigenvalue weighted by atomic mass is 35.5. The number of nitrogens with one attached hydrogen (secondary N) is 1. The molecular weight excluding hydrogens is 385 g/mol. The van der Waals surface area contributed by atoms with E-state index in [2.05, 4.69) is 20.2 Å². The average molecular weight is 402 g/mol. The highest BCUT2D eigenvalue weighted by molar-refractivity contribution is 6.34. The standard InChI is InChI=1S/C19H17Cl2N5O/c20-12-3-1-11(2-4-12)13-7-14-16(8-15(13)21)24-10-25-19(14)26-6-5-23-17(9-26)18(22)27/h1-4,7-8,10,17,23H,5-6,9H2,(H2,22,27)/t17-/m0/s1. The highest BCUT2D eigenvalue weighted by Gasteiger charge is 2.25. The van der Waals surface area contributed by atoms with Crippen molar-refractivity contribution in [3.05, 3.63) is 52.8 Å². The van der Waals surface area contributed by atoms with Gasteiger partial charge in [-0.05, 0) is 29.8 Å². The number of benzene rings is 2. The lowest BCUT2D eigenvalue weighted by molar-refractivity contribution is -0.120. The first kappa shape index (κ1) is 18.0. The highest BCUT2D eigenvalue weighted by Crippen LogP contribution is 2.35. The van der Waals surface area contributed by atoms with Gasteiger partial charge in [-0.3, -0.25) is 4.79 Å². The second-order valence-electron chi connectivity index (χ2n) is 6.41. The topological polar surface area (TPSA) is 84.1 Å². The van der Waals surface area contributed by atoms with Gasteiger partial charge in [0, 0.05) is 35.6 Å². The summed E-state index contributed by atoms with van der Waals surface area (Å²) >= 11 is 12.5. The predicted molar refractivity (Wildman–Crippen MR) is 108 cm³/mol. The predicted octanol–water partition coefficient (Wildman–Crippen LogP) is 2.87. The van der Waals surface area contributed by atoms with Gasteiger partial charge in [0.25, 0.3) is 0 Å². The zero-order chi connectivity index (χ0) is 19.0. The summed E-state index contributed by atoms with van der Waals surface area (Å²) in [7, 11) is 0. The Morgan fingerprint density at radius 3 is 2.70 bits per heavy atom. The van der Waals surface area contributed by atoms with Crippen molar-refractivity contribution in [2.75, 3.05) is 24.5 Å². The van der Waals surface area contributed by atoms with E-state index in [4.69, 9.17) is 28.9 Å². The molecule has 0 saturated carbocycles. The summed E-state index contributed by atoms with van der Waals surface area (Å²) in [5, 5.41) is 5.26. The smallest absolute Gasteiger partial charge is 0.236 e. The Balaban J connectivity index is 1.81. The maximum Gasteiger partial charge on any atom is 0.236 e. The van der Waals surface area contributed by atoms with Gasteiger partial charge >= 0.3 is 0 Å². The molecule has 3 aromatic rings. The van der Waals surface area contributed by atoms with Crippen LogP contribution in [0.15, 0.2) is 42.7 Å². The van der Waals surface area contributed by atoms with E-state index in [0.29, 0.717) is 23.1 Å². The molecule has 1 atom stereocenters. The minimum atomic E-state index is -0.410. The van der Waals surface area contributed by atoms with Crippen LogP contribution in [0.2, 0.25) is 10.0 Å². The Labute approximate surface area is 166 Å². The zero-order valence-corrected chi connectivity index (χ0v) is 15.8. The number of primary amides is 1. The summed E-state index contributed by atoms with van der Waals surface area (Å²) in [5.41, 5.74) is 8.04.